The van der Waals surface area contributed by atoms with Crippen molar-refractivity contribution in [3.8, 4) is 11.4 Å². The number of benzene rings is 1. The number of fused-ring (bicyclic) bond motifs is 1. The van der Waals surface area contributed by atoms with Gasteiger partial charge in [-0.1, -0.05) is 34.1 Å². The molecular weight excluding hydrogens is 280 g/mol. The van der Waals surface area contributed by atoms with E-state index >= 15 is 0 Å². The third-order valence-corrected chi connectivity index (χ3v) is 3.18. The molecule has 0 saturated carbocycles. The molecule has 17 heavy (non-hydrogen) atoms. The normalized spacial score (nSPS) is 10.9. The van der Waals surface area contributed by atoms with Crippen LogP contribution in [0.1, 0.15) is 0 Å². The molecule has 0 radical (unpaired) electrons. The highest BCUT2D eigenvalue weighted by atomic mass is 79.9. The first-order chi connectivity index (χ1) is 8.24. The van der Waals surface area contributed by atoms with E-state index in [9.17, 15) is 0 Å². The second-order valence-corrected chi connectivity index (χ2v) is 4.56. The van der Waals surface area contributed by atoms with Gasteiger partial charge in [0.05, 0.1) is 11.9 Å². The topological polar surface area (TPSA) is 67.6 Å². The predicted molar refractivity (Wildman–Crippen MR) is 71.4 cm³/mol. The van der Waals surface area contributed by atoms with Gasteiger partial charge in [0.2, 0.25) is 0 Å². The number of nitrogens with two attached hydrogens (primary N) is 1. The molecule has 5 heteroatoms. The van der Waals surface area contributed by atoms with Crippen LogP contribution in [-0.2, 0) is 0 Å². The lowest BCUT2D eigenvalue weighted by atomic mass is 10.2. The van der Waals surface area contributed by atoms with Crippen molar-refractivity contribution >= 4 is 32.8 Å². The molecule has 2 heterocycles. The number of hydrogen-bond acceptors (Lipinski definition) is 3. The SMILES string of the molecule is Nc1cnc2[nH]c(-c3ccccc3Br)nc2c1. The molecule has 0 aliphatic rings. The summed E-state index contributed by atoms with van der Waals surface area (Å²) in [6.45, 7) is 0. The van der Waals surface area contributed by atoms with E-state index in [2.05, 4.69) is 30.9 Å². The third kappa shape index (κ3) is 1.78. The van der Waals surface area contributed by atoms with Crippen molar-refractivity contribution in [1.82, 2.24) is 15.0 Å². The number of imidazole rings is 1. The first kappa shape index (κ1) is 10.3. The molecule has 84 valence electrons. The van der Waals surface area contributed by atoms with E-state index in [-0.39, 0.29) is 0 Å². The standard InChI is InChI=1S/C12H9BrN4/c13-9-4-2-1-3-8(9)11-16-10-5-7(14)6-15-12(10)17-11/h1-6H,14H2,(H,15,16,17). The number of hydrogen-bond donors (Lipinski definition) is 2. The molecule has 0 amide bonds. The average molecular weight is 289 g/mol. The number of halogens is 1. The van der Waals surface area contributed by atoms with Crippen molar-refractivity contribution in [2.45, 2.75) is 0 Å². The summed E-state index contributed by atoms with van der Waals surface area (Å²) in [6, 6.07) is 9.70. The van der Waals surface area contributed by atoms with Crippen LogP contribution in [0, 0.1) is 0 Å². The van der Waals surface area contributed by atoms with Crippen molar-refractivity contribution < 1.29 is 0 Å². The predicted octanol–water partition coefficient (Wildman–Crippen LogP) is 2.97. The number of H-pyrrole nitrogens is 1. The Morgan fingerprint density at radius 3 is 2.88 bits per heavy atom. The van der Waals surface area contributed by atoms with Gasteiger partial charge in [-0.25, -0.2) is 9.97 Å². The van der Waals surface area contributed by atoms with Crippen LogP contribution in [0.3, 0.4) is 0 Å². The van der Waals surface area contributed by atoms with Gasteiger partial charge in [0.25, 0.3) is 0 Å². The molecule has 2 aromatic heterocycles. The van der Waals surface area contributed by atoms with E-state index in [1.807, 2.05) is 24.3 Å². The number of nitrogens with zero attached hydrogens (tertiary/aromatic N) is 2. The Kier molecular flexibility index (Phi) is 2.33. The highest BCUT2D eigenvalue weighted by Crippen LogP contribution is 2.27. The third-order valence-electron chi connectivity index (χ3n) is 2.49. The zero-order chi connectivity index (χ0) is 11.8. The van der Waals surface area contributed by atoms with Crippen LogP contribution in [0.2, 0.25) is 0 Å². The fourth-order valence-corrected chi connectivity index (χ4v) is 2.16. The maximum Gasteiger partial charge on any atom is 0.157 e. The Bertz CT molecular complexity index is 690. The summed E-state index contributed by atoms with van der Waals surface area (Å²) < 4.78 is 0.993. The van der Waals surface area contributed by atoms with Gasteiger partial charge in [-0.05, 0) is 12.1 Å². The zero-order valence-electron chi connectivity index (χ0n) is 8.81. The number of rotatable bonds is 1. The van der Waals surface area contributed by atoms with Crippen LogP contribution in [0.5, 0.6) is 0 Å². The van der Waals surface area contributed by atoms with Crippen molar-refractivity contribution in [3.63, 3.8) is 0 Å². The molecule has 0 unspecified atom stereocenters. The Balaban J connectivity index is 2.22. The zero-order valence-corrected chi connectivity index (χ0v) is 10.4. The fourth-order valence-electron chi connectivity index (χ4n) is 1.69. The van der Waals surface area contributed by atoms with Crippen molar-refractivity contribution in [1.29, 1.82) is 0 Å². The van der Waals surface area contributed by atoms with Crippen molar-refractivity contribution in [2.75, 3.05) is 5.73 Å². The molecule has 0 aliphatic carbocycles. The molecule has 0 atom stereocenters. The fraction of sp³-hybridized carbons (Fsp3) is 0. The van der Waals surface area contributed by atoms with Crippen LogP contribution in [-0.4, -0.2) is 15.0 Å². The summed E-state index contributed by atoms with van der Waals surface area (Å²) >= 11 is 3.50. The molecule has 0 spiro atoms. The number of nitrogens with one attached hydrogen (secondary N) is 1. The summed E-state index contributed by atoms with van der Waals surface area (Å²) in [7, 11) is 0. The molecule has 0 bridgehead atoms. The minimum atomic E-state index is 0.614. The average Bonchev–Trinajstić information content (AvgIpc) is 2.72. The Morgan fingerprint density at radius 1 is 1.24 bits per heavy atom. The maximum absolute atomic E-state index is 5.68. The number of pyridine rings is 1. The van der Waals surface area contributed by atoms with Crippen LogP contribution in [0.4, 0.5) is 5.69 Å². The molecule has 1 aromatic carbocycles. The van der Waals surface area contributed by atoms with E-state index < -0.39 is 0 Å². The molecule has 3 rings (SSSR count). The minimum Gasteiger partial charge on any atom is -0.397 e. The van der Waals surface area contributed by atoms with Crippen molar-refractivity contribution in [3.05, 3.63) is 41.0 Å². The maximum atomic E-state index is 5.68. The van der Waals surface area contributed by atoms with Crippen LogP contribution < -0.4 is 5.73 Å². The van der Waals surface area contributed by atoms with Gasteiger partial charge in [0, 0.05) is 10.0 Å². The van der Waals surface area contributed by atoms with Gasteiger partial charge in [-0.3, -0.25) is 0 Å². The Hall–Kier alpha value is -1.88. The Labute approximate surface area is 106 Å². The summed E-state index contributed by atoms with van der Waals surface area (Å²) in [5.41, 5.74) is 8.81. The van der Waals surface area contributed by atoms with Gasteiger partial charge in [-0.15, -0.1) is 0 Å². The highest BCUT2D eigenvalue weighted by Gasteiger charge is 2.08. The highest BCUT2D eigenvalue weighted by molar-refractivity contribution is 9.10. The van der Waals surface area contributed by atoms with Crippen molar-refractivity contribution in [2.24, 2.45) is 0 Å². The van der Waals surface area contributed by atoms with Gasteiger partial charge in [0.1, 0.15) is 11.3 Å². The molecule has 4 nitrogen and oxygen atoms in total. The summed E-state index contributed by atoms with van der Waals surface area (Å²) in [5, 5.41) is 0. The van der Waals surface area contributed by atoms with Gasteiger partial charge >= 0.3 is 0 Å². The van der Waals surface area contributed by atoms with Crippen LogP contribution >= 0.6 is 15.9 Å². The van der Waals surface area contributed by atoms with E-state index in [4.69, 9.17) is 5.73 Å². The smallest absolute Gasteiger partial charge is 0.157 e. The number of nitrogen functional groups attached to an aromatic ring is 1. The molecule has 0 saturated heterocycles. The van der Waals surface area contributed by atoms with E-state index in [1.54, 1.807) is 12.3 Å². The number of aromatic amines is 1. The van der Waals surface area contributed by atoms with Crippen LogP contribution in [0.25, 0.3) is 22.6 Å². The van der Waals surface area contributed by atoms with Gasteiger partial charge in [0.15, 0.2) is 5.65 Å². The summed E-state index contributed by atoms with van der Waals surface area (Å²) in [4.78, 5) is 11.8. The lowest BCUT2D eigenvalue weighted by Crippen LogP contribution is -1.85. The second-order valence-electron chi connectivity index (χ2n) is 3.70. The van der Waals surface area contributed by atoms with Crippen LogP contribution in [0.15, 0.2) is 41.0 Å². The van der Waals surface area contributed by atoms with E-state index in [0.29, 0.717) is 5.69 Å². The first-order valence-corrected chi connectivity index (χ1v) is 5.89. The number of aromatic nitrogens is 3. The Morgan fingerprint density at radius 2 is 2.06 bits per heavy atom. The quantitative estimate of drug-likeness (QED) is 0.723. The lowest BCUT2D eigenvalue weighted by molar-refractivity contribution is 1.30. The molecular formula is C12H9BrN4. The monoisotopic (exact) mass is 288 g/mol. The van der Waals surface area contributed by atoms with E-state index in [1.165, 1.54) is 0 Å². The second kappa shape index (κ2) is 3.85. The lowest BCUT2D eigenvalue weighted by Gasteiger charge is -1.98. The molecule has 0 fully saturated rings. The summed E-state index contributed by atoms with van der Waals surface area (Å²) in [5.74, 6) is 0.783. The van der Waals surface area contributed by atoms with Gasteiger partial charge < -0.3 is 10.7 Å². The minimum absolute atomic E-state index is 0.614. The molecule has 0 aliphatic heterocycles. The summed E-state index contributed by atoms with van der Waals surface area (Å²) in [6.07, 6.45) is 1.62. The first-order valence-electron chi connectivity index (χ1n) is 5.10. The number of anilines is 1. The van der Waals surface area contributed by atoms with E-state index in [0.717, 1.165) is 27.0 Å². The molecule has 3 N–H and O–H groups in total. The van der Waals surface area contributed by atoms with Gasteiger partial charge in [-0.2, -0.15) is 0 Å². The molecule has 3 aromatic rings. The largest absolute Gasteiger partial charge is 0.397 e.